The Bertz CT molecular complexity index is 439. The molecule has 0 bridgehead atoms. The van der Waals surface area contributed by atoms with Gasteiger partial charge in [-0.3, -0.25) is 10.1 Å². The maximum Gasteiger partial charge on any atom is 0.340 e. The summed E-state index contributed by atoms with van der Waals surface area (Å²) in [7, 11) is 0. The SMILES string of the molecule is O=C(O)[C@H](O)c1cc(F)c([N+](=O)[O-])c(F)c1. The Morgan fingerprint density at radius 1 is 1.38 bits per heavy atom. The molecule has 0 heterocycles. The van der Waals surface area contributed by atoms with Gasteiger partial charge in [-0.15, -0.1) is 0 Å². The minimum Gasteiger partial charge on any atom is -0.479 e. The largest absolute Gasteiger partial charge is 0.479 e. The average molecular weight is 233 g/mol. The molecule has 0 aromatic heterocycles. The summed E-state index contributed by atoms with van der Waals surface area (Å²) in [6.07, 6.45) is -2.13. The molecular weight excluding hydrogens is 228 g/mol. The van der Waals surface area contributed by atoms with Crippen molar-refractivity contribution < 1.29 is 28.7 Å². The van der Waals surface area contributed by atoms with Crippen LogP contribution in [0.2, 0.25) is 0 Å². The van der Waals surface area contributed by atoms with Crippen molar-refractivity contribution in [1.29, 1.82) is 0 Å². The number of hydrogen-bond donors (Lipinski definition) is 2. The molecule has 0 aliphatic rings. The molecule has 2 N–H and O–H groups in total. The third-order valence-corrected chi connectivity index (χ3v) is 1.77. The molecule has 0 unspecified atom stereocenters. The van der Waals surface area contributed by atoms with Gasteiger partial charge in [-0.25, -0.2) is 4.79 Å². The Morgan fingerprint density at radius 2 is 1.81 bits per heavy atom. The molecule has 86 valence electrons. The summed E-state index contributed by atoms with van der Waals surface area (Å²) in [5.41, 5.74) is -1.99. The number of aliphatic carboxylic acids is 1. The molecule has 0 saturated carbocycles. The van der Waals surface area contributed by atoms with E-state index in [2.05, 4.69) is 0 Å². The molecule has 0 aliphatic carbocycles. The number of aliphatic hydroxyl groups is 1. The van der Waals surface area contributed by atoms with Crippen molar-refractivity contribution in [2.45, 2.75) is 6.10 Å². The summed E-state index contributed by atoms with van der Waals surface area (Å²) in [6, 6.07) is 0.806. The predicted octanol–water partition coefficient (Wildman–Crippen LogP) is 0.991. The predicted molar refractivity (Wildman–Crippen MR) is 45.6 cm³/mol. The smallest absolute Gasteiger partial charge is 0.340 e. The van der Waals surface area contributed by atoms with Gasteiger partial charge in [0.05, 0.1) is 4.92 Å². The average Bonchev–Trinajstić information content (AvgIpc) is 2.14. The maximum absolute atomic E-state index is 13.0. The number of nitro groups is 1. The molecule has 0 fully saturated rings. The highest BCUT2D eigenvalue weighted by Crippen LogP contribution is 2.25. The van der Waals surface area contributed by atoms with E-state index in [-0.39, 0.29) is 0 Å². The van der Waals surface area contributed by atoms with Crippen molar-refractivity contribution in [2.24, 2.45) is 0 Å². The Morgan fingerprint density at radius 3 is 2.12 bits per heavy atom. The van der Waals surface area contributed by atoms with Gasteiger partial charge in [0, 0.05) is 0 Å². The van der Waals surface area contributed by atoms with Crippen LogP contribution >= 0.6 is 0 Å². The number of nitrogens with zero attached hydrogens (tertiary/aromatic N) is 1. The van der Waals surface area contributed by atoms with Crippen molar-refractivity contribution in [3.63, 3.8) is 0 Å². The van der Waals surface area contributed by atoms with Crippen molar-refractivity contribution in [2.75, 3.05) is 0 Å². The lowest BCUT2D eigenvalue weighted by Gasteiger charge is -2.06. The second kappa shape index (κ2) is 4.19. The Labute approximate surface area is 86.9 Å². The first-order valence-electron chi connectivity index (χ1n) is 3.88. The van der Waals surface area contributed by atoms with Gasteiger partial charge in [0.2, 0.25) is 11.6 Å². The highest BCUT2D eigenvalue weighted by molar-refractivity contribution is 5.74. The van der Waals surface area contributed by atoms with E-state index in [0.717, 1.165) is 0 Å². The van der Waals surface area contributed by atoms with E-state index in [0.29, 0.717) is 12.1 Å². The van der Waals surface area contributed by atoms with Crippen LogP contribution in [-0.2, 0) is 4.79 Å². The van der Waals surface area contributed by atoms with Crippen molar-refractivity contribution in [1.82, 2.24) is 0 Å². The number of nitro benzene ring substituents is 1. The minimum atomic E-state index is -2.13. The normalized spacial score (nSPS) is 12.2. The van der Waals surface area contributed by atoms with Crippen LogP contribution in [0.4, 0.5) is 14.5 Å². The molecule has 1 aromatic rings. The number of rotatable bonds is 3. The van der Waals surface area contributed by atoms with E-state index in [1.807, 2.05) is 0 Å². The van der Waals surface area contributed by atoms with E-state index in [1.165, 1.54) is 0 Å². The fraction of sp³-hybridized carbons (Fsp3) is 0.125. The van der Waals surface area contributed by atoms with Crippen LogP contribution in [0.5, 0.6) is 0 Å². The zero-order valence-electron chi connectivity index (χ0n) is 7.55. The fourth-order valence-corrected chi connectivity index (χ4v) is 1.06. The van der Waals surface area contributed by atoms with Gasteiger partial charge in [0.25, 0.3) is 0 Å². The lowest BCUT2D eigenvalue weighted by Crippen LogP contribution is -2.11. The number of halogens is 2. The fourth-order valence-electron chi connectivity index (χ4n) is 1.06. The van der Waals surface area contributed by atoms with E-state index >= 15 is 0 Å². The van der Waals surface area contributed by atoms with Gasteiger partial charge < -0.3 is 10.2 Å². The van der Waals surface area contributed by atoms with Crippen molar-refractivity contribution in [3.05, 3.63) is 39.4 Å². The number of aliphatic hydroxyl groups excluding tert-OH is 1. The van der Waals surface area contributed by atoms with Gasteiger partial charge in [-0.05, 0) is 17.7 Å². The lowest BCUT2D eigenvalue weighted by atomic mass is 10.1. The second-order valence-electron chi connectivity index (χ2n) is 2.83. The molecule has 1 aromatic carbocycles. The molecule has 16 heavy (non-hydrogen) atoms. The molecular formula is C8H5F2NO5. The molecule has 0 spiro atoms. The zero-order valence-corrected chi connectivity index (χ0v) is 7.55. The first-order valence-corrected chi connectivity index (χ1v) is 3.88. The summed E-state index contributed by atoms with van der Waals surface area (Å²) in [4.78, 5) is 19.2. The van der Waals surface area contributed by atoms with Gasteiger partial charge in [-0.2, -0.15) is 8.78 Å². The number of benzene rings is 1. The quantitative estimate of drug-likeness (QED) is 0.598. The Hall–Kier alpha value is -2.09. The van der Waals surface area contributed by atoms with E-state index in [4.69, 9.17) is 10.2 Å². The zero-order chi connectivity index (χ0) is 12.5. The first-order chi connectivity index (χ1) is 7.34. The summed E-state index contributed by atoms with van der Waals surface area (Å²) >= 11 is 0. The van der Waals surface area contributed by atoms with E-state index in [1.54, 1.807) is 0 Å². The first kappa shape index (κ1) is 12.0. The molecule has 8 heteroatoms. The summed E-state index contributed by atoms with van der Waals surface area (Å²) in [5, 5.41) is 27.5. The lowest BCUT2D eigenvalue weighted by molar-refractivity contribution is -0.390. The van der Waals surface area contributed by atoms with Gasteiger partial charge >= 0.3 is 11.7 Å². The highest BCUT2D eigenvalue weighted by atomic mass is 19.1. The number of carbonyl (C=O) groups is 1. The van der Waals surface area contributed by atoms with E-state index < -0.39 is 39.9 Å². The van der Waals surface area contributed by atoms with Crippen LogP contribution in [0.25, 0.3) is 0 Å². The number of hydrogen-bond acceptors (Lipinski definition) is 4. The summed E-state index contributed by atoms with van der Waals surface area (Å²) < 4.78 is 26.0. The van der Waals surface area contributed by atoms with E-state index in [9.17, 15) is 23.7 Å². The molecule has 1 atom stereocenters. The number of carboxylic acids is 1. The highest BCUT2D eigenvalue weighted by Gasteiger charge is 2.26. The Kier molecular flexibility index (Phi) is 3.14. The third-order valence-electron chi connectivity index (χ3n) is 1.77. The minimum absolute atomic E-state index is 0.403. The van der Waals surface area contributed by atoms with Gasteiger partial charge in [0.1, 0.15) is 0 Å². The second-order valence-corrected chi connectivity index (χ2v) is 2.83. The molecule has 0 aliphatic heterocycles. The Balaban J connectivity index is 3.30. The van der Waals surface area contributed by atoms with Crippen LogP contribution in [0.15, 0.2) is 12.1 Å². The summed E-state index contributed by atoms with van der Waals surface area (Å²) in [6.45, 7) is 0. The van der Waals surface area contributed by atoms with Crippen LogP contribution in [0.1, 0.15) is 11.7 Å². The van der Waals surface area contributed by atoms with Crippen LogP contribution in [-0.4, -0.2) is 21.1 Å². The van der Waals surface area contributed by atoms with Crippen LogP contribution < -0.4 is 0 Å². The van der Waals surface area contributed by atoms with Gasteiger partial charge in [0.15, 0.2) is 6.10 Å². The van der Waals surface area contributed by atoms with Crippen molar-refractivity contribution in [3.8, 4) is 0 Å². The van der Waals surface area contributed by atoms with Gasteiger partial charge in [-0.1, -0.05) is 0 Å². The van der Waals surface area contributed by atoms with Crippen LogP contribution in [0.3, 0.4) is 0 Å². The molecule has 1 rings (SSSR count). The topological polar surface area (TPSA) is 101 Å². The summed E-state index contributed by atoms with van der Waals surface area (Å²) in [5.74, 6) is -4.80. The molecule has 0 saturated heterocycles. The monoisotopic (exact) mass is 233 g/mol. The number of carboxylic acid groups (broad SMARTS) is 1. The maximum atomic E-state index is 13.0. The standard InChI is InChI=1S/C8H5F2NO5/c9-4-1-3(7(12)8(13)14)2-5(10)6(4)11(15)16/h1-2,7,12H,(H,13,14)/t7-/m1/s1. The van der Waals surface area contributed by atoms with Crippen LogP contribution in [0, 0.1) is 21.7 Å². The van der Waals surface area contributed by atoms with Crippen molar-refractivity contribution >= 4 is 11.7 Å². The molecule has 6 nitrogen and oxygen atoms in total. The molecule has 0 radical (unpaired) electrons. The molecule has 0 amide bonds. The third kappa shape index (κ3) is 2.11.